The topological polar surface area (TPSA) is 68.2 Å². The Hall–Kier alpha value is -2.41. The molecule has 0 spiro atoms. The number of halogens is 1. The fourth-order valence-electron chi connectivity index (χ4n) is 3.75. The average molecular weight is 344 g/mol. The molecule has 0 saturated carbocycles. The fourth-order valence-corrected chi connectivity index (χ4v) is 3.75. The van der Waals surface area contributed by atoms with Crippen LogP contribution in [-0.2, 0) is 18.2 Å². The quantitative estimate of drug-likeness (QED) is 0.898. The summed E-state index contributed by atoms with van der Waals surface area (Å²) in [5.41, 5.74) is 1.97. The van der Waals surface area contributed by atoms with Crippen LogP contribution in [-0.4, -0.2) is 28.2 Å². The van der Waals surface area contributed by atoms with Crippen LogP contribution in [0.3, 0.4) is 0 Å². The van der Waals surface area contributed by atoms with Gasteiger partial charge in [0.1, 0.15) is 17.7 Å². The Morgan fingerprint density at radius 3 is 3.04 bits per heavy atom. The highest BCUT2D eigenvalue weighted by Gasteiger charge is 2.34. The molecule has 7 heteroatoms. The molecule has 2 aliphatic rings. The van der Waals surface area contributed by atoms with Gasteiger partial charge >= 0.3 is 6.03 Å². The van der Waals surface area contributed by atoms with Crippen LogP contribution in [0.2, 0.25) is 0 Å². The fraction of sp³-hybridized carbons (Fsp3) is 0.444. The van der Waals surface area contributed by atoms with Crippen LogP contribution in [0.4, 0.5) is 9.18 Å². The number of amides is 2. The molecule has 25 heavy (non-hydrogen) atoms. The minimum absolute atomic E-state index is 0.0791. The number of hydrogen-bond donors (Lipinski definition) is 2. The molecule has 1 saturated heterocycles. The molecule has 2 amide bonds. The van der Waals surface area contributed by atoms with Crippen molar-refractivity contribution in [3.05, 3.63) is 53.4 Å². The summed E-state index contributed by atoms with van der Waals surface area (Å²) in [6.07, 6.45) is 5.66. The van der Waals surface area contributed by atoms with Crippen LogP contribution < -0.4 is 10.6 Å². The first-order chi connectivity index (χ1) is 12.1. The molecule has 132 valence electrons. The van der Waals surface area contributed by atoms with Crippen molar-refractivity contribution in [3.63, 3.8) is 0 Å². The number of hydrogen-bond acceptors (Lipinski definition) is 3. The number of aryl methyl sites for hydroxylation is 2. The van der Waals surface area contributed by atoms with E-state index in [1.54, 1.807) is 18.3 Å². The zero-order valence-corrected chi connectivity index (χ0v) is 14.0. The SMILES string of the molecule is Cn1ccnc1[C@@H]1OCC[C@H]1NC(=O)N[C@@H]1CCc2cc(F)ccc21. The molecule has 2 N–H and O–H groups in total. The first-order valence-electron chi connectivity index (χ1n) is 8.56. The lowest BCUT2D eigenvalue weighted by Gasteiger charge is -2.21. The van der Waals surface area contributed by atoms with Crippen LogP contribution in [0.25, 0.3) is 0 Å². The second-order valence-electron chi connectivity index (χ2n) is 6.64. The Morgan fingerprint density at radius 2 is 2.24 bits per heavy atom. The van der Waals surface area contributed by atoms with Gasteiger partial charge in [-0.15, -0.1) is 0 Å². The Labute approximate surface area is 145 Å². The van der Waals surface area contributed by atoms with E-state index < -0.39 is 0 Å². The van der Waals surface area contributed by atoms with E-state index in [0.717, 1.165) is 36.2 Å². The minimum Gasteiger partial charge on any atom is -0.368 e. The maximum Gasteiger partial charge on any atom is 0.315 e. The molecule has 1 aliphatic heterocycles. The van der Waals surface area contributed by atoms with Crippen LogP contribution in [0.5, 0.6) is 0 Å². The third-order valence-corrected chi connectivity index (χ3v) is 5.01. The molecule has 1 aromatic heterocycles. The summed E-state index contributed by atoms with van der Waals surface area (Å²) in [7, 11) is 1.91. The average Bonchev–Trinajstić information content (AvgIpc) is 3.28. The number of aromatic nitrogens is 2. The van der Waals surface area contributed by atoms with E-state index in [1.165, 1.54) is 6.07 Å². The highest BCUT2D eigenvalue weighted by atomic mass is 19.1. The highest BCUT2D eigenvalue weighted by molar-refractivity contribution is 5.75. The molecular weight excluding hydrogens is 323 g/mol. The maximum absolute atomic E-state index is 13.3. The van der Waals surface area contributed by atoms with Crippen LogP contribution in [0, 0.1) is 5.82 Å². The Kier molecular flexibility index (Phi) is 4.17. The molecule has 0 bridgehead atoms. The summed E-state index contributed by atoms with van der Waals surface area (Å²) in [5, 5.41) is 6.02. The van der Waals surface area contributed by atoms with Gasteiger partial charge in [-0.25, -0.2) is 14.2 Å². The molecule has 1 fully saturated rings. The molecule has 3 atom stereocenters. The van der Waals surface area contributed by atoms with Gasteiger partial charge in [0.15, 0.2) is 0 Å². The summed E-state index contributed by atoms with van der Waals surface area (Å²) in [5.74, 6) is 0.578. The summed E-state index contributed by atoms with van der Waals surface area (Å²) in [4.78, 5) is 16.8. The highest BCUT2D eigenvalue weighted by Crippen LogP contribution is 2.32. The first-order valence-corrected chi connectivity index (χ1v) is 8.56. The number of nitrogens with zero attached hydrogens (tertiary/aromatic N) is 2. The van der Waals surface area contributed by atoms with Gasteiger partial charge in [0.2, 0.25) is 0 Å². The number of imidazole rings is 1. The number of carbonyl (C=O) groups excluding carboxylic acids is 1. The second kappa shape index (κ2) is 6.48. The van der Waals surface area contributed by atoms with Gasteiger partial charge in [-0.1, -0.05) is 6.07 Å². The lowest BCUT2D eigenvalue weighted by atomic mass is 10.1. The van der Waals surface area contributed by atoms with E-state index in [4.69, 9.17) is 4.74 Å². The minimum atomic E-state index is -0.240. The number of fused-ring (bicyclic) bond motifs is 1. The van der Waals surface area contributed by atoms with E-state index in [-0.39, 0.29) is 30.0 Å². The monoisotopic (exact) mass is 344 g/mol. The standard InChI is InChI=1S/C18H21FN4O2/c1-23-8-7-20-17(23)16-15(6-9-25-16)22-18(24)21-14-5-2-11-10-12(19)3-4-13(11)14/h3-4,7-8,10,14-16H,2,5-6,9H2,1H3,(H2,21,22,24)/t14-,15-,16-/m1/s1. The summed E-state index contributed by atoms with van der Waals surface area (Å²) in [6.45, 7) is 0.591. The third-order valence-electron chi connectivity index (χ3n) is 5.01. The lowest BCUT2D eigenvalue weighted by molar-refractivity contribution is 0.0907. The van der Waals surface area contributed by atoms with E-state index in [1.807, 2.05) is 17.8 Å². The molecule has 0 unspecified atom stereocenters. The van der Waals surface area contributed by atoms with E-state index in [0.29, 0.717) is 6.61 Å². The molecule has 1 aromatic carbocycles. The van der Waals surface area contributed by atoms with Crippen LogP contribution in [0.1, 0.15) is 41.9 Å². The van der Waals surface area contributed by atoms with Gasteiger partial charge in [-0.2, -0.15) is 0 Å². The van der Waals surface area contributed by atoms with Crippen molar-refractivity contribution in [3.8, 4) is 0 Å². The number of benzene rings is 1. The molecular formula is C18H21FN4O2. The summed E-state index contributed by atoms with van der Waals surface area (Å²) >= 11 is 0. The predicted octanol–water partition coefficient (Wildman–Crippen LogP) is 2.38. The summed E-state index contributed by atoms with van der Waals surface area (Å²) < 4.78 is 21.0. The van der Waals surface area contributed by atoms with Crippen molar-refractivity contribution in [2.75, 3.05) is 6.61 Å². The van der Waals surface area contributed by atoms with Crippen molar-refractivity contribution < 1.29 is 13.9 Å². The smallest absolute Gasteiger partial charge is 0.315 e. The second-order valence-corrected chi connectivity index (χ2v) is 6.64. The number of urea groups is 1. The normalized spacial score (nSPS) is 25.0. The van der Waals surface area contributed by atoms with E-state index in [9.17, 15) is 9.18 Å². The van der Waals surface area contributed by atoms with Gasteiger partial charge in [-0.3, -0.25) is 0 Å². The van der Waals surface area contributed by atoms with Crippen LogP contribution >= 0.6 is 0 Å². The predicted molar refractivity (Wildman–Crippen MR) is 89.4 cm³/mol. The third kappa shape index (κ3) is 3.11. The first kappa shape index (κ1) is 16.1. The van der Waals surface area contributed by atoms with Crippen molar-refractivity contribution in [2.24, 2.45) is 7.05 Å². The van der Waals surface area contributed by atoms with Gasteiger partial charge in [0.25, 0.3) is 0 Å². The van der Waals surface area contributed by atoms with Gasteiger partial charge < -0.3 is 19.9 Å². The molecule has 2 aromatic rings. The van der Waals surface area contributed by atoms with Crippen molar-refractivity contribution in [1.82, 2.24) is 20.2 Å². The van der Waals surface area contributed by atoms with Crippen LogP contribution in [0.15, 0.2) is 30.6 Å². The van der Waals surface area contributed by atoms with E-state index in [2.05, 4.69) is 15.6 Å². The molecule has 4 rings (SSSR count). The zero-order chi connectivity index (χ0) is 17.4. The number of nitrogens with one attached hydrogen (secondary N) is 2. The molecule has 2 heterocycles. The molecule has 6 nitrogen and oxygen atoms in total. The number of rotatable bonds is 3. The number of ether oxygens (including phenoxy) is 1. The molecule has 1 aliphatic carbocycles. The summed E-state index contributed by atoms with van der Waals surface area (Å²) in [6, 6.07) is 4.34. The van der Waals surface area contributed by atoms with Crippen molar-refractivity contribution >= 4 is 6.03 Å². The Balaban J connectivity index is 1.41. The van der Waals surface area contributed by atoms with Gasteiger partial charge in [0, 0.05) is 26.0 Å². The largest absolute Gasteiger partial charge is 0.368 e. The Morgan fingerprint density at radius 1 is 1.36 bits per heavy atom. The molecule has 0 radical (unpaired) electrons. The Bertz CT molecular complexity index is 791. The van der Waals surface area contributed by atoms with Gasteiger partial charge in [0.05, 0.1) is 12.1 Å². The lowest BCUT2D eigenvalue weighted by Crippen LogP contribution is -2.44. The van der Waals surface area contributed by atoms with Gasteiger partial charge in [-0.05, 0) is 42.5 Å². The van der Waals surface area contributed by atoms with Crippen molar-refractivity contribution in [1.29, 1.82) is 0 Å². The number of carbonyl (C=O) groups is 1. The van der Waals surface area contributed by atoms with Crippen molar-refractivity contribution in [2.45, 2.75) is 37.5 Å². The maximum atomic E-state index is 13.3. The van der Waals surface area contributed by atoms with E-state index >= 15 is 0 Å². The zero-order valence-electron chi connectivity index (χ0n) is 14.0.